The highest BCUT2D eigenvalue weighted by atomic mass is 32.1. The fraction of sp³-hybridized carbons (Fsp3) is 0.250. The van der Waals surface area contributed by atoms with Crippen molar-refractivity contribution in [3.8, 4) is 5.19 Å². The molecule has 16 heavy (non-hydrogen) atoms. The molecule has 2 heterocycles. The van der Waals surface area contributed by atoms with Crippen molar-refractivity contribution in [1.29, 1.82) is 0 Å². The smallest absolute Gasteiger partial charge is 0.296 e. The molecule has 0 fully saturated rings. The van der Waals surface area contributed by atoms with E-state index >= 15 is 0 Å². The Hall–Kier alpha value is -1.80. The van der Waals surface area contributed by atoms with E-state index in [2.05, 4.69) is 20.2 Å². The molecule has 0 atom stereocenters. The molecule has 0 unspecified atom stereocenters. The van der Waals surface area contributed by atoms with E-state index in [1.165, 1.54) is 12.4 Å². The average molecular weight is 239 g/mol. The Kier molecular flexibility index (Phi) is 3.22. The number of aliphatic hydroxyl groups excluding tert-OH is 1. The molecule has 0 aromatic carbocycles. The first-order valence-electron chi connectivity index (χ1n) is 4.40. The van der Waals surface area contributed by atoms with Crippen LogP contribution in [0.25, 0.3) is 0 Å². The highest BCUT2D eigenvalue weighted by Crippen LogP contribution is 2.19. The molecule has 2 aromatic rings. The van der Waals surface area contributed by atoms with Crippen LogP contribution in [0.1, 0.15) is 11.4 Å². The summed E-state index contributed by atoms with van der Waals surface area (Å²) < 4.78 is 5.29. The van der Waals surface area contributed by atoms with Crippen LogP contribution in [0.15, 0.2) is 12.4 Å². The first-order chi connectivity index (χ1) is 7.78. The molecule has 0 aliphatic heterocycles. The third-order valence-corrected chi connectivity index (χ3v) is 2.35. The zero-order chi connectivity index (χ0) is 11.4. The molecule has 7 nitrogen and oxygen atoms in total. The van der Waals surface area contributed by atoms with Gasteiger partial charge in [0.05, 0.1) is 30.4 Å². The van der Waals surface area contributed by atoms with Crippen LogP contribution in [0.3, 0.4) is 0 Å². The summed E-state index contributed by atoms with van der Waals surface area (Å²) in [4.78, 5) is 8.01. The minimum atomic E-state index is -0.124. The molecule has 0 aliphatic rings. The molecular weight excluding hydrogens is 230 g/mol. The summed E-state index contributed by atoms with van der Waals surface area (Å²) in [6.07, 6.45) is 3.03. The highest BCUT2D eigenvalue weighted by Gasteiger charge is 2.03. The van der Waals surface area contributed by atoms with Gasteiger partial charge in [-0.15, -0.1) is 5.10 Å². The molecule has 3 N–H and O–H groups in total. The van der Waals surface area contributed by atoms with Gasteiger partial charge >= 0.3 is 0 Å². The van der Waals surface area contributed by atoms with E-state index in [1.54, 1.807) is 0 Å². The third-order valence-electron chi connectivity index (χ3n) is 1.69. The molecule has 0 saturated heterocycles. The number of hydrogen-bond donors (Lipinski definition) is 2. The molecule has 0 amide bonds. The zero-order valence-corrected chi connectivity index (χ0v) is 9.02. The fourth-order valence-corrected chi connectivity index (χ4v) is 1.41. The summed E-state index contributed by atoms with van der Waals surface area (Å²) in [6.45, 7) is 0.119. The molecule has 8 heteroatoms. The van der Waals surface area contributed by atoms with Gasteiger partial charge < -0.3 is 15.6 Å². The van der Waals surface area contributed by atoms with Crippen LogP contribution >= 0.6 is 11.3 Å². The molecule has 2 aromatic heterocycles. The number of aromatic nitrogens is 4. The monoisotopic (exact) mass is 239 g/mol. The van der Waals surface area contributed by atoms with Crippen molar-refractivity contribution in [1.82, 2.24) is 20.2 Å². The van der Waals surface area contributed by atoms with Crippen molar-refractivity contribution in [3.63, 3.8) is 0 Å². The zero-order valence-electron chi connectivity index (χ0n) is 8.20. The minimum Gasteiger partial charge on any atom is -0.462 e. The number of ether oxygens (including phenoxy) is 1. The molecule has 0 radical (unpaired) electrons. The van der Waals surface area contributed by atoms with E-state index in [0.29, 0.717) is 21.7 Å². The first kappa shape index (κ1) is 10.7. The maximum Gasteiger partial charge on any atom is 0.296 e. The second-order valence-electron chi connectivity index (χ2n) is 2.85. The molecule has 0 spiro atoms. The summed E-state index contributed by atoms with van der Waals surface area (Å²) in [5, 5.41) is 16.8. The average Bonchev–Trinajstić information content (AvgIpc) is 2.73. The SMILES string of the molecule is Nc1nnc(OCc2cnc(CO)cn2)s1. The quantitative estimate of drug-likeness (QED) is 0.772. The van der Waals surface area contributed by atoms with Crippen LogP contribution in [0.5, 0.6) is 5.19 Å². The van der Waals surface area contributed by atoms with Gasteiger partial charge in [-0.1, -0.05) is 5.10 Å². The van der Waals surface area contributed by atoms with Gasteiger partial charge in [0, 0.05) is 0 Å². The summed E-state index contributed by atoms with van der Waals surface area (Å²) in [6, 6.07) is 0. The number of rotatable bonds is 4. The van der Waals surface area contributed by atoms with Gasteiger partial charge in [-0.05, 0) is 11.3 Å². The normalized spacial score (nSPS) is 10.3. The molecule has 0 bridgehead atoms. The number of nitrogens with zero attached hydrogens (tertiary/aromatic N) is 4. The van der Waals surface area contributed by atoms with Crippen LogP contribution in [-0.4, -0.2) is 25.3 Å². The van der Waals surface area contributed by atoms with E-state index in [-0.39, 0.29) is 13.2 Å². The standard InChI is InChI=1S/C8H9N5O2S/c9-7-12-13-8(16-7)15-4-6-2-10-5(3-14)1-11-6/h1-2,14H,3-4H2,(H2,9,12). The number of hydrogen-bond acceptors (Lipinski definition) is 8. The Morgan fingerprint density at radius 2 is 2.00 bits per heavy atom. The van der Waals surface area contributed by atoms with Gasteiger partial charge in [0.25, 0.3) is 5.19 Å². The number of nitrogens with two attached hydrogens (primary N) is 1. The lowest BCUT2D eigenvalue weighted by molar-refractivity contribution is 0.274. The largest absolute Gasteiger partial charge is 0.462 e. The fourth-order valence-electron chi connectivity index (χ4n) is 0.952. The van der Waals surface area contributed by atoms with Crippen molar-refractivity contribution in [2.24, 2.45) is 0 Å². The maximum atomic E-state index is 8.77. The van der Waals surface area contributed by atoms with Crippen LogP contribution in [0, 0.1) is 0 Å². The van der Waals surface area contributed by atoms with Crippen LogP contribution in [0.4, 0.5) is 5.13 Å². The molecule has 0 aliphatic carbocycles. The summed E-state index contributed by atoms with van der Waals surface area (Å²) in [5.74, 6) is 0. The minimum absolute atomic E-state index is 0.124. The number of anilines is 1. The first-order valence-corrected chi connectivity index (χ1v) is 5.22. The second-order valence-corrected chi connectivity index (χ2v) is 3.82. The second kappa shape index (κ2) is 4.81. The van der Waals surface area contributed by atoms with Crippen molar-refractivity contribution in [2.75, 3.05) is 5.73 Å². The summed E-state index contributed by atoms with van der Waals surface area (Å²) >= 11 is 1.16. The molecule has 84 valence electrons. The van der Waals surface area contributed by atoms with Gasteiger partial charge in [0.1, 0.15) is 6.61 Å². The maximum absolute atomic E-state index is 8.77. The summed E-state index contributed by atoms with van der Waals surface area (Å²) in [7, 11) is 0. The van der Waals surface area contributed by atoms with Crippen molar-refractivity contribution in [3.05, 3.63) is 23.8 Å². The lowest BCUT2D eigenvalue weighted by Gasteiger charge is -2.01. The van der Waals surface area contributed by atoms with E-state index in [4.69, 9.17) is 15.6 Å². The van der Waals surface area contributed by atoms with E-state index in [9.17, 15) is 0 Å². The Labute approximate surface area is 95.0 Å². The van der Waals surface area contributed by atoms with E-state index in [0.717, 1.165) is 11.3 Å². The molecule has 2 rings (SSSR count). The lowest BCUT2D eigenvalue weighted by atomic mass is 10.4. The Balaban J connectivity index is 1.94. The van der Waals surface area contributed by atoms with Crippen LogP contribution in [0.2, 0.25) is 0 Å². The van der Waals surface area contributed by atoms with Gasteiger partial charge in [0.2, 0.25) is 5.13 Å². The Bertz CT molecular complexity index is 458. The molecular formula is C8H9N5O2S. The topological polar surface area (TPSA) is 107 Å². The lowest BCUT2D eigenvalue weighted by Crippen LogP contribution is -2.00. The van der Waals surface area contributed by atoms with Gasteiger partial charge in [-0.25, -0.2) is 0 Å². The summed E-state index contributed by atoms with van der Waals surface area (Å²) in [5.41, 5.74) is 6.56. The van der Waals surface area contributed by atoms with Gasteiger partial charge in [0.15, 0.2) is 0 Å². The molecule has 0 saturated carbocycles. The Morgan fingerprint density at radius 3 is 2.56 bits per heavy atom. The number of aliphatic hydroxyl groups is 1. The van der Waals surface area contributed by atoms with E-state index < -0.39 is 0 Å². The predicted octanol–water partition coefficient (Wildman–Crippen LogP) is -0.0184. The highest BCUT2D eigenvalue weighted by molar-refractivity contribution is 7.16. The number of nitrogen functional groups attached to an aromatic ring is 1. The Morgan fingerprint density at radius 1 is 1.25 bits per heavy atom. The van der Waals surface area contributed by atoms with Crippen LogP contribution < -0.4 is 10.5 Å². The van der Waals surface area contributed by atoms with Crippen molar-refractivity contribution < 1.29 is 9.84 Å². The van der Waals surface area contributed by atoms with E-state index in [1.807, 2.05) is 0 Å². The van der Waals surface area contributed by atoms with Crippen molar-refractivity contribution >= 4 is 16.5 Å². The van der Waals surface area contributed by atoms with Gasteiger partial charge in [-0.3, -0.25) is 9.97 Å². The van der Waals surface area contributed by atoms with Crippen LogP contribution in [-0.2, 0) is 13.2 Å². The van der Waals surface area contributed by atoms with Crippen molar-refractivity contribution in [2.45, 2.75) is 13.2 Å². The third kappa shape index (κ3) is 2.61. The van der Waals surface area contributed by atoms with Gasteiger partial charge in [-0.2, -0.15) is 0 Å². The predicted molar refractivity (Wildman–Crippen MR) is 56.6 cm³/mol.